The van der Waals surface area contributed by atoms with Crippen molar-refractivity contribution in [1.82, 2.24) is 30.4 Å². The quantitative estimate of drug-likeness (QED) is 0.506. The average molecular weight is 251 g/mol. The summed E-state index contributed by atoms with van der Waals surface area (Å²) in [4.78, 5) is 8.14. The molecule has 7 nitrogen and oxygen atoms in total. The van der Waals surface area contributed by atoms with E-state index in [2.05, 4.69) is 35.7 Å². The molecule has 19 heavy (non-hydrogen) atoms. The molecule has 4 rings (SSSR count). The summed E-state index contributed by atoms with van der Waals surface area (Å²) in [6, 6.07) is 7.89. The lowest BCUT2D eigenvalue weighted by Gasteiger charge is -1.98. The van der Waals surface area contributed by atoms with Gasteiger partial charge in [0.15, 0.2) is 11.6 Å². The lowest BCUT2D eigenvalue weighted by Crippen LogP contribution is -1.93. The summed E-state index contributed by atoms with van der Waals surface area (Å²) >= 11 is 0. The van der Waals surface area contributed by atoms with Crippen molar-refractivity contribution in [1.29, 1.82) is 0 Å². The minimum Gasteiger partial charge on any atom is -0.320 e. The second kappa shape index (κ2) is 3.77. The van der Waals surface area contributed by atoms with E-state index in [1.165, 1.54) is 6.33 Å². The Balaban J connectivity index is 1.82. The van der Waals surface area contributed by atoms with Crippen LogP contribution in [0.4, 0.5) is 11.6 Å². The molecule has 0 saturated carbocycles. The van der Waals surface area contributed by atoms with Crippen LogP contribution in [-0.2, 0) is 0 Å². The summed E-state index contributed by atoms with van der Waals surface area (Å²) in [5.41, 5.74) is 2.49. The topological polar surface area (TPSA) is 95.2 Å². The number of benzene rings is 1. The molecule has 0 unspecified atom stereocenters. The number of aromatic amines is 2. The number of nitrogens with one attached hydrogen (secondary N) is 3. The van der Waals surface area contributed by atoms with Gasteiger partial charge in [0, 0.05) is 5.39 Å². The first-order valence-electron chi connectivity index (χ1n) is 5.76. The van der Waals surface area contributed by atoms with Crippen LogP contribution in [-0.4, -0.2) is 30.4 Å². The molecule has 1 aromatic carbocycles. The molecule has 0 aliphatic rings. The molecule has 0 bridgehead atoms. The van der Waals surface area contributed by atoms with E-state index in [4.69, 9.17) is 0 Å². The van der Waals surface area contributed by atoms with Gasteiger partial charge in [-0.05, 0) is 12.1 Å². The lowest BCUT2D eigenvalue weighted by molar-refractivity contribution is 1.09. The first-order valence-corrected chi connectivity index (χ1v) is 5.76. The van der Waals surface area contributed by atoms with Crippen LogP contribution >= 0.6 is 0 Å². The number of anilines is 2. The molecule has 3 N–H and O–H groups in total. The van der Waals surface area contributed by atoms with Gasteiger partial charge in [-0.15, -0.1) is 0 Å². The van der Waals surface area contributed by atoms with Crippen LogP contribution < -0.4 is 5.32 Å². The Hall–Kier alpha value is -2.96. The summed E-state index contributed by atoms with van der Waals surface area (Å²) in [7, 11) is 0. The van der Waals surface area contributed by atoms with Crippen LogP contribution in [0, 0.1) is 0 Å². The maximum Gasteiger partial charge on any atom is 0.180 e. The summed E-state index contributed by atoms with van der Waals surface area (Å²) in [6.45, 7) is 0. The lowest BCUT2D eigenvalue weighted by atomic mass is 10.2. The predicted octanol–water partition coefficient (Wildman–Crippen LogP) is 1.97. The highest BCUT2D eigenvalue weighted by Gasteiger charge is 2.10. The standard InChI is InChI=1S/C12H9N7/c1-2-4-8-7(3-1)11(18-16-8)15-12-10-9(17-19-12)5-13-6-14-10/h1-6H,(H3,15,16,17,18,19). The Morgan fingerprint density at radius 1 is 0.947 bits per heavy atom. The van der Waals surface area contributed by atoms with Crippen molar-refractivity contribution in [2.45, 2.75) is 0 Å². The number of nitrogens with zero attached hydrogens (tertiary/aromatic N) is 4. The van der Waals surface area contributed by atoms with E-state index in [1.807, 2.05) is 24.3 Å². The van der Waals surface area contributed by atoms with Gasteiger partial charge >= 0.3 is 0 Å². The second-order valence-corrected chi connectivity index (χ2v) is 4.10. The van der Waals surface area contributed by atoms with E-state index in [9.17, 15) is 0 Å². The van der Waals surface area contributed by atoms with E-state index in [0.717, 1.165) is 27.8 Å². The van der Waals surface area contributed by atoms with Crippen LogP contribution in [0.25, 0.3) is 21.9 Å². The molecule has 0 radical (unpaired) electrons. The number of hydrogen-bond donors (Lipinski definition) is 3. The minimum absolute atomic E-state index is 0.634. The fourth-order valence-electron chi connectivity index (χ4n) is 2.03. The summed E-state index contributed by atoms with van der Waals surface area (Å²) in [5, 5.41) is 18.4. The minimum atomic E-state index is 0.634. The first-order chi connectivity index (χ1) is 9.42. The maximum absolute atomic E-state index is 4.24. The normalized spacial score (nSPS) is 11.2. The Kier molecular flexibility index (Phi) is 1.99. The SMILES string of the molecule is c1ccc2c(Nc3n[nH]c4cncnc34)n[nH]c2c1. The van der Waals surface area contributed by atoms with Gasteiger partial charge in [0.2, 0.25) is 0 Å². The zero-order valence-electron chi connectivity index (χ0n) is 9.75. The highest BCUT2D eigenvalue weighted by Crippen LogP contribution is 2.25. The molecular formula is C12H9N7. The van der Waals surface area contributed by atoms with Gasteiger partial charge in [-0.2, -0.15) is 10.2 Å². The average Bonchev–Trinajstić information content (AvgIpc) is 3.05. The number of aromatic nitrogens is 6. The molecule has 0 saturated heterocycles. The molecule has 0 spiro atoms. The molecule has 0 fully saturated rings. The van der Waals surface area contributed by atoms with Crippen LogP contribution in [0.15, 0.2) is 36.8 Å². The van der Waals surface area contributed by atoms with Crippen molar-refractivity contribution in [2.75, 3.05) is 5.32 Å². The van der Waals surface area contributed by atoms with Crippen molar-refractivity contribution in [3.8, 4) is 0 Å². The highest BCUT2D eigenvalue weighted by molar-refractivity contribution is 5.94. The molecule has 4 aromatic rings. The second-order valence-electron chi connectivity index (χ2n) is 4.10. The Morgan fingerprint density at radius 3 is 2.79 bits per heavy atom. The molecule has 0 aliphatic heterocycles. The van der Waals surface area contributed by atoms with Crippen molar-refractivity contribution in [2.24, 2.45) is 0 Å². The summed E-state index contributed by atoms with van der Waals surface area (Å²) in [6.07, 6.45) is 3.18. The fraction of sp³-hybridized carbons (Fsp3) is 0. The molecule has 92 valence electrons. The molecule has 0 atom stereocenters. The van der Waals surface area contributed by atoms with Crippen LogP contribution in [0.1, 0.15) is 0 Å². The molecule has 7 heteroatoms. The Labute approximate surface area is 107 Å². The summed E-state index contributed by atoms with van der Waals surface area (Å²) < 4.78 is 0. The monoisotopic (exact) mass is 251 g/mol. The Bertz CT molecular complexity index is 788. The molecule has 0 aliphatic carbocycles. The van der Waals surface area contributed by atoms with Crippen molar-refractivity contribution in [3.05, 3.63) is 36.8 Å². The van der Waals surface area contributed by atoms with Crippen LogP contribution in [0.2, 0.25) is 0 Å². The van der Waals surface area contributed by atoms with Crippen molar-refractivity contribution >= 4 is 33.6 Å². The van der Waals surface area contributed by atoms with E-state index < -0.39 is 0 Å². The van der Waals surface area contributed by atoms with E-state index >= 15 is 0 Å². The maximum atomic E-state index is 4.24. The number of fused-ring (bicyclic) bond motifs is 2. The first kappa shape index (κ1) is 10.0. The van der Waals surface area contributed by atoms with Gasteiger partial charge in [0.1, 0.15) is 17.4 Å². The van der Waals surface area contributed by atoms with Crippen molar-refractivity contribution in [3.63, 3.8) is 0 Å². The molecular weight excluding hydrogens is 242 g/mol. The van der Waals surface area contributed by atoms with Crippen molar-refractivity contribution < 1.29 is 0 Å². The third-order valence-corrected chi connectivity index (χ3v) is 2.93. The predicted molar refractivity (Wildman–Crippen MR) is 71.1 cm³/mol. The largest absolute Gasteiger partial charge is 0.320 e. The number of hydrogen-bond acceptors (Lipinski definition) is 5. The molecule has 0 amide bonds. The number of para-hydroxylation sites is 1. The van der Waals surface area contributed by atoms with Gasteiger partial charge < -0.3 is 5.32 Å². The van der Waals surface area contributed by atoms with Crippen LogP contribution in [0.3, 0.4) is 0 Å². The van der Waals surface area contributed by atoms with E-state index in [-0.39, 0.29) is 0 Å². The van der Waals surface area contributed by atoms with Gasteiger partial charge in [-0.3, -0.25) is 10.2 Å². The van der Waals surface area contributed by atoms with Gasteiger partial charge in [-0.1, -0.05) is 12.1 Å². The molecule has 3 aromatic heterocycles. The van der Waals surface area contributed by atoms with Crippen LogP contribution in [0.5, 0.6) is 0 Å². The third kappa shape index (κ3) is 1.52. The van der Waals surface area contributed by atoms with E-state index in [0.29, 0.717) is 5.82 Å². The van der Waals surface area contributed by atoms with Gasteiger partial charge in [0.05, 0.1) is 11.7 Å². The molecule has 3 heterocycles. The zero-order chi connectivity index (χ0) is 12.7. The van der Waals surface area contributed by atoms with Gasteiger partial charge in [0.25, 0.3) is 0 Å². The summed E-state index contributed by atoms with van der Waals surface area (Å²) in [5.74, 6) is 1.36. The van der Waals surface area contributed by atoms with Gasteiger partial charge in [-0.25, -0.2) is 9.97 Å². The van der Waals surface area contributed by atoms with E-state index in [1.54, 1.807) is 6.20 Å². The highest BCUT2D eigenvalue weighted by atomic mass is 15.3. The number of H-pyrrole nitrogens is 2. The zero-order valence-corrected chi connectivity index (χ0v) is 9.75. The smallest absolute Gasteiger partial charge is 0.180 e. The fourth-order valence-corrected chi connectivity index (χ4v) is 2.03. The third-order valence-electron chi connectivity index (χ3n) is 2.93. The Morgan fingerprint density at radius 2 is 1.79 bits per heavy atom. The number of rotatable bonds is 2.